The molecule has 0 amide bonds. The first-order valence-corrected chi connectivity index (χ1v) is 4.85. The molecule has 2 aromatic carbocycles. The van der Waals surface area contributed by atoms with Gasteiger partial charge in [0.1, 0.15) is 19.3 Å². The molecule has 0 fully saturated rings. The average Bonchev–Trinajstić information content (AvgIpc) is 2.27. The predicted octanol–water partition coefficient (Wildman–Crippen LogP) is 2.02. The van der Waals surface area contributed by atoms with Crippen molar-refractivity contribution in [3.8, 4) is 11.5 Å². The molecule has 0 aliphatic rings. The molecule has 2 rings (SSSR count). The summed E-state index contributed by atoms with van der Waals surface area (Å²) in [6, 6.07) is 10.8. The van der Waals surface area contributed by atoms with E-state index in [4.69, 9.17) is 4.74 Å². The van der Waals surface area contributed by atoms with Crippen molar-refractivity contribution in [1.82, 2.24) is 0 Å². The lowest BCUT2D eigenvalue weighted by atomic mass is 9.97. The minimum absolute atomic E-state index is 0.280. The van der Waals surface area contributed by atoms with Crippen LogP contribution in [0.4, 0.5) is 8.78 Å². The van der Waals surface area contributed by atoms with E-state index in [1.165, 1.54) is 6.07 Å². The van der Waals surface area contributed by atoms with Crippen molar-refractivity contribution in [2.45, 2.75) is 0 Å². The number of rotatable bonds is 2. The molecule has 0 aliphatic carbocycles. The van der Waals surface area contributed by atoms with Gasteiger partial charge in [0.05, 0.1) is 0 Å². The first-order valence-electron chi connectivity index (χ1n) is 4.85. The number of ether oxygens (including phenoxy) is 1. The van der Waals surface area contributed by atoms with Gasteiger partial charge in [-0.05, 0) is 24.3 Å². The summed E-state index contributed by atoms with van der Waals surface area (Å²) in [6.07, 6.45) is 0. The Kier molecular flexibility index (Phi) is 2.90. The number of hydrogen-bond donors (Lipinski definition) is 0. The fourth-order valence-corrected chi connectivity index (χ4v) is 1.28. The second-order valence-corrected chi connectivity index (χ2v) is 3.49. The van der Waals surface area contributed by atoms with Crippen molar-refractivity contribution in [1.29, 1.82) is 0 Å². The fourth-order valence-electron chi connectivity index (χ4n) is 1.28. The van der Waals surface area contributed by atoms with E-state index in [2.05, 4.69) is 0 Å². The third kappa shape index (κ3) is 2.39. The molecule has 0 N–H and O–H groups in total. The van der Waals surface area contributed by atoms with Gasteiger partial charge < -0.3 is 4.74 Å². The molecule has 1 nitrogen and oxygen atoms in total. The largest absolute Gasteiger partial charge is 0.457 e. The van der Waals surface area contributed by atoms with Crippen molar-refractivity contribution in [2.75, 3.05) is 0 Å². The van der Waals surface area contributed by atoms with Gasteiger partial charge in [-0.2, -0.15) is 0 Å². The zero-order valence-corrected chi connectivity index (χ0v) is 8.71. The molecular weight excluding hydrogens is 209 g/mol. The van der Waals surface area contributed by atoms with Crippen molar-refractivity contribution >= 4 is 13.3 Å². The van der Waals surface area contributed by atoms with E-state index in [0.29, 0.717) is 5.75 Å². The Hall–Kier alpha value is -1.84. The van der Waals surface area contributed by atoms with Gasteiger partial charge in [0.15, 0.2) is 11.6 Å². The van der Waals surface area contributed by atoms with E-state index in [-0.39, 0.29) is 5.75 Å². The highest BCUT2D eigenvalue weighted by Gasteiger charge is 2.03. The Morgan fingerprint density at radius 1 is 0.812 bits per heavy atom. The monoisotopic (exact) mass is 218 g/mol. The summed E-state index contributed by atoms with van der Waals surface area (Å²) in [7, 11) is 1.96. The van der Waals surface area contributed by atoms with Crippen LogP contribution >= 0.6 is 0 Å². The lowest BCUT2D eigenvalue weighted by Gasteiger charge is -2.06. The van der Waals surface area contributed by atoms with Crippen molar-refractivity contribution in [3.63, 3.8) is 0 Å². The minimum Gasteiger partial charge on any atom is -0.457 e. The van der Waals surface area contributed by atoms with E-state index in [0.717, 1.165) is 17.6 Å². The molecule has 0 unspecified atom stereocenters. The van der Waals surface area contributed by atoms with Crippen LogP contribution in [0.3, 0.4) is 0 Å². The molecule has 0 aliphatic heterocycles. The number of halogens is 2. The van der Waals surface area contributed by atoms with Gasteiger partial charge in [-0.25, -0.2) is 8.78 Å². The first-order chi connectivity index (χ1) is 7.65. The molecule has 0 radical (unpaired) electrons. The molecule has 0 aromatic heterocycles. The third-order valence-electron chi connectivity index (χ3n) is 2.15. The topological polar surface area (TPSA) is 9.23 Å². The Morgan fingerprint density at radius 3 is 2.06 bits per heavy atom. The summed E-state index contributed by atoms with van der Waals surface area (Å²) >= 11 is 0. The van der Waals surface area contributed by atoms with E-state index in [1.807, 2.05) is 20.0 Å². The Labute approximate surface area is 93.1 Å². The maximum Gasteiger partial charge on any atom is 0.162 e. The number of hydrogen-bond acceptors (Lipinski definition) is 1. The second-order valence-electron chi connectivity index (χ2n) is 3.49. The van der Waals surface area contributed by atoms with E-state index < -0.39 is 11.6 Å². The van der Waals surface area contributed by atoms with Crippen LogP contribution in [-0.4, -0.2) is 7.85 Å². The maximum atomic E-state index is 12.9. The van der Waals surface area contributed by atoms with Crippen LogP contribution in [0.25, 0.3) is 0 Å². The van der Waals surface area contributed by atoms with E-state index in [1.54, 1.807) is 12.1 Å². The summed E-state index contributed by atoms with van der Waals surface area (Å²) in [5.74, 6) is -0.916. The molecule has 80 valence electrons. The quantitative estimate of drug-likeness (QED) is 0.700. The van der Waals surface area contributed by atoms with Crippen LogP contribution in [-0.2, 0) is 0 Å². The molecule has 0 saturated heterocycles. The lowest BCUT2D eigenvalue weighted by molar-refractivity contribution is 0.461. The highest BCUT2D eigenvalue weighted by molar-refractivity contribution is 6.32. The molecule has 16 heavy (non-hydrogen) atoms. The smallest absolute Gasteiger partial charge is 0.162 e. The number of benzene rings is 2. The summed E-state index contributed by atoms with van der Waals surface area (Å²) in [4.78, 5) is 0. The van der Waals surface area contributed by atoms with Gasteiger partial charge in [0, 0.05) is 6.07 Å². The minimum atomic E-state index is -0.912. The summed E-state index contributed by atoms with van der Waals surface area (Å²) < 4.78 is 30.9. The van der Waals surface area contributed by atoms with Gasteiger partial charge in [-0.1, -0.05) is 17.6 Å². The van der Waals surface area contributed by atoms with Crippen LogP contribution in [0, 0.1) is 11.6 Å². The Bertz CT molecular complexity index is 497. The van der Waals surface area contributed by atoms with Crippen molar-refractivity contribution < 1.29 is 13.5 Å². The van der Waals surface area contributed by atoms with Gasteiger partial charge >= 0.3 is 0 Å². The Balaban J connectivity index is 2.20. The van der Waals surface area contributed by atoms with Gasteiger partial charge in [0.25, 0.3) is 0 Å². The molecule has 0 bridgehead atoms. The predicted molar refractivity (Wildman–Crippen MR) is 61.1 cm³/mol. The Morgan fingerprint density at radius 2 is 1.44 bits per heavy atom. The molecule has 2 aromatic rings. The first kappa shape index (κ1) is 10.7. The molecule has 4 heteroatoms. The van der Waals surface area contributed by atoms with Gasteiger partial charge in [-0.15, -0.1) is 0 Å². The summed E-state index contributed by atoms with van der Waals surface area (Å²) in [5, 5.41) is 0. The van der Waals surface area contributed by atoms with Crippen molar-refractivity contribution in [3.05, 3.63) is 54.1 Å². The van der Waals surface area contributed by atoms with Crippen LogP contribution in [0.15, 0.2) is 42.5 Å². The second kappa shape index (κ2) is 4.35. The highest BCUT2D eigenvalue weighted by Crippen LogP contribution is 2.22. The SMILES string of the molecule is Bc1ccc(Oc2ccc(F)c(F)c2)cc1. The average molecular weight is 218 g/mol. The van der Waals surface area contributed by atoms with Crippen LogP contribution in [0.2, 0.25) is 0 Å². The maximum absolute atomic E-state index is 12.9. The van der Waals surface area contributed by atoms with Crippen molar-refractivity contribution in [2.24, 2.45) is 0 Å². The molecule has 0 spiro atoms. The van der Waals surface area contributed by atoms with Crippen LogP contribution in [0.5, 0.6) is 11.5 Å². The molecule has 0 atom stereocenters. The van der Waals surface area contributed by atoms with Gasteiger partial charge in [-0.3, -0.25) is 0 Å². The lowest BCUT2D eigenvalue weighted by Crippen LogP contribution is -1.99. The van der Waals surface area contributed by atoms with E-state index >= 15 is 0 Å². The zero-order valence-electron chi connectivity index (χ0n) is 8.71. The van der Waals surface area contributed by atoms with Gasteiger partial charge in [0.2, 0.25) is 0 Å². The normalized spacial score (nSPS) is 10.1. The molecule has 0 saturated carbocycles. The highest BCUT2D eigenvalue weighted by atomic mass is 19.2. The standard InChI is InChI=1S/C12H9BF2O/c13-8-1-3-9(4-2-8)16-10-5-6-11(14)12(15)7-10/h1-7H,13H2. The molecular formula is C12H9BF2O. The zero-order chi connectivity index (χ0) is 11.5. The summed E-state index contributed by atoms with van der Waals surface area (Å²) in [6.45, 7) is 0. The fraction of sp³-hybridized carbons (Fsp3) is 0. The van der Waals surface area contributed by atoms with Crippen LogP contribution in [0.1, 0.15) is 0 Å². The van der Waals surface area contributed by atoms with Crippen LogP contribution < -0.4 is 10.2 Å². The molecule has 0 heterocycles. The summed E-state index contributed by atoms with van der Waals surface area (Å²) in [5.41, 5.74) is 1.11. The van der Waals surface area contributed by atoms with E-state index in [9.17, 15) is 8.78 Å². The third-order valence-corrected chi connectivity index (χ3v) is 2.15.